The van der Waals surface area contributed by atoms with Gasteiger partial charge in [-0.2, -0.15) is 0 Å². The molecule has 0 saturated heterocycles. The highest BCUT2D eigenvalue weighted by molar-refractivity contribution is 9.10. The Labute approximate surface area is 107 Å². The van der Waals surface area contributed by atoms with Crippen molar-refractivity contribution in [2.75, 3.05) is 11.9 Å². The Hall–Kier alpha value is -1.14. The largest absolute Gasteiger partial charge is 0.476 e. The number of carbonyl (C=O) groups excluding carboxylic acids is 1. The quantitative estimate of drug-likeness (QED) is 0.862. The van der Waals surface area contributed by atoms with Crippen LogP contribution in [0.1, 0.15) is 12.8 Å². The molecule has 0 radical (unpaired) electrons. The molecule has 0 spiro atoms. The fourth-order valence-electron chi connectivity index (χ4n) is 2.10. The van der Waals surface area contributed by atoms with Crippen LogP contribution in [0.5, 0.6) is 5.75 Å². The van der Waals surface area contributed by atoms with E-state index >= 15 is 0 Å². The van der Waals surface area contributed by atoms with E-state index in [-0.39, 0.29) is 11.3 Å². The van der Waals surface area contributed by atoms with E-state index in [0.29, 0.717) is 18.1 Å². The van der Waals surface area contributed by atoms with E-state index in [1.807, 2.05) is 0 Å². The molecule has 1 unspecified atom stereocenters. The van der Waals surface area contributed by atoms with Gasteiger partial charge in [0.05, 0.1) is 0 Å². The average molecular weight is 298 g/mol. The maximum atomic E-state index is 11.9. The van der Waals surface area contributed by atoms with E-state index < -0.39 is 6.10 Å². The molecule has 6 heteroatoms. The van der Waals surface area contributed by atoms with E-state index in [9.17, 15) is 4.79 Å². The number of aromatic nitrogens is 1. The Morgan fingerprint density at radius 2 is 2.41 bits per heavy atom. The Morgan fingerprint density at radius 3 is 3.06 bits per heavy atom. The summed E-state index contributed by atoms with van der Waals surface area (Å²) in [6.07, 6.45) is 3.02. The summed E-state index contributed by atoms with van der Waals surface area (Å²) < 4.78 is 6.58. The lowest BCUT2D eigenvalue weighted by molar-refractivity contribution is -0.126. The van der Waals surface area contributed by atoms with Crippen molar-refractivity contribution in [2.24, 2.45) is 11.1 Å². The first-order chi connectivity index (χ1) is 8.14. The van der Waals surface area contributed by atoms with Gasteiger partial charge in [0.2, 0.25) is 0 Å². The van der Waals surface area contributed by atoms with Crippen molar-refractivity contribution >= 4 is 27.7 Å². The number of ether oxygens (including phenoxy) is 1. The lowest BCUT2D eigenvalue weighted by Crippen LogP contribution is -2.46. The minimum atomic E-state index is -0.490. The lowest BCUT2D eigenvalue weighted by Gasteiger charge is -2.30. The maximum Gasteiger partial charge on any atom is 0.267 e. The van der Waals surface area contributed by atoms with Crippen molar-refractivity contribution in [1.82, 2.24) is 4.98 Å². The number of hydrogen-bond acceptors (Lipinski definition) is 4. The number of rotatable bonds is 2. The fourth-order valence-corrected chi connectivity index (χ4v) is 2.41. The maximum absolute atomic E-state index is 11.9. The molecule has 5 nitrogen and oxygen atoms in total. The normalized spacial score (nSPS) is 24.6. The number of pyridine rings is 1. The average Bonchev–Trinajstić information content (AvgIpc) is 3.10. The van der Waals surface area contributed by atoms with Crippen LogP contribution in [0, 0.1) is 5.41 Å². The molecular weight excluding hydrogens is 286 g/mol. The number of hydrogen-bond donors (Lipinski definition) is 2. The van der Waals surface area contributed by atoms with Crippen LogP contribution in [0.3, 0.4) is 0 Å². The van der Waals surface area contributed by atoms with Gasteiger partial charge in [-0.05, 0) is 34.8 Å². The molecule has 1 saturated carbocycles. The molecular formula is C11H12BrN3O2. The van der Waals surface area contributed by atoms with Gasteiger partial charge in [-0.15, -0.1) is 0 Å². The van der Waals surface area contributed by atoms with Crippen LogP contribution in [0.2, 0.25) is 0 Å². The topological polar surface area (TPSA) is 77.2 Å². The fraction of sp³-hybridized carbons (Fsp3) is 0.455. The highest BCUT2D eigenvalue weighted by Gasteiger charge is 2.54. The molecule has 1 aliphatic heterocycles. The predicted octanol–water partition coefficient (Wildman–Crippen LogP) is 1.28. The Kier molecular flexibility index (Phi) is 2.38. The minimum Gasteiger partial charge on any atom is -0.476 e. The molecule has 1 aromatic heterocycles. The van der Waals surface area contributed by atoms with Crippen LogP contribution in [0.4, 0.5) is 5.82 Å². The molecule has 2 aliphatic rings. The smallest absolute Gasteiger partial charge is 0.267 e. The standard InChI is InChI=1S/C11H12BrN3O2/c12-6-3-7-9(14-4-6)15-10(16)8(17-7)11(5-13)1-2-11/h3-4,8H,1-2,5,13H2,(H,14,15,16). The van der Waals surface area contributed by atoms with Crippen molar-refractivity contribution in [3.8, 4) is 5.75 Å². The number of halogens is 1. The third-order valence-corrected chi connectivity index (χ3v) is 3.83. The van der Waals surface area contributed by atoms with Gasteiger partial charge in [0.1, 0.15) is 0 Å². The van der Waals surface area contributed by atoms with Crippen LogP contribution >= 0.6 is 15.9 Å². The highest BCUT2D eigenvalue weighted by atomic mass is 79.9. The number of fused-ring (bicyclic) bond motifs is 1. The SMILES string of the molecule is NCC1(C2Oc3cc(Br)cnc3NC2=O)CC1. The highest BCUT2D eigenvalue weighted by Crippen LogP contribution is 2.50. The van der Waals surface area contributed by atoms with Crippen molar-refractivity contribution in [3.05, 3.63) is 16.7 Å². The third-order valence-electron chi connectivity index (χ3n) is 3.40. The Bertz CT molecular complexity index is 488. The molecule has 1 atom stereocenters. The second kappa shape index (κ2) is 3.68. The van der Waals surface area contributed by atoms with E-state index in [4.69, 9.17) is 10.5 Å². The predicted molar refractivity (Wildman–Crippen MR) is 65.7 cm³/mol. The van der Waals surface area contributed by atoms with E-state index in [0.717, 1.165) is 17.3 Å². The molecule has 90 valence electrons. The summed E-state index contributed by atoms with van der Waals surface area (Å²) >= 11 is 3.33. The first-order valence-corrected chi connectivity index (χ1v) is 6.27. The summed E-state index contributed by atoms with van der Waals surface area (Å²) in [5, 5.41) is 2.77. The van der Waals surface area contributed by atoms with Crippen LogP contribution in [-0.4, -0.2) is 23.5 Å². The molecule has 17 heavy (non-hydrogen) atoms. The zero-order valence-corrected chi connectivity index (χ0v) is 10.7. The zero-order valence-electron chi connectivity index (χ0n) is 9.07. The second-order valence-electron chi connectivity index (χ2n) is 4.55. The molecule has 1 aromatic rings. The molecule has 3 rings (SSSR count). The zero-order chi connectivity index (χ0) is 12.0. The lowest BCUT2D eigenvalue weighted by atomic mass is 9.97. The number of carbonyl (C=O) groups is 1. The van der Waals surface area contributed by atoms with Crippen LogP contribution < -0.4 is 15.8 Å². The molecule has 2 heterocycles. The van der Waals surface area contributed by atoms with Gasteiger partial charge in [0, 0.05) is 22.6 Å². The summed E-state index contributed by atoms with van der Waals surface area (Å²) in [7, 11) is 0. The molecule has 0 bridgehead atoms. The minimum absolute atomic E-state index is 0.143. The summed E-state index contributed by atoms with van der Waals surface area (Å²) in [6, 6.07) is 1.81. The molecule has 1 amide bonds. The number of anilines is 1. The number of nitrogens with zero attached hydrogens (tertiary/aromatic N) is 1. The second-order valence-corrected chi connectivity index (χ2v) is 5.47. The monoisotopic (exact) mass is 297 g/mol. The van der Waals surface area contributed by atoms with E-state index in [1.165, 1.54) is 0 Å². The van der Waals surface area contributed by atoms with Gasteiger partial charge < -0.3 is 15.8 Å². The van der Waals surface area contributed by atoms with Gasteiger partial charge in [-0.3, -0.25) is 4.79 Å². The van der Waals surface area contributed by atoms with Crippen molar-refractivity contribution in [3.63, 3.8) is 0 Å². The van der Waals surface area contributed by atoms with Crippen LogP contribution in [-0.2, 0) is 4.79 Å². The molecule has 1 fully saturated rings. The van der Waals surface area contributed by atoms with Crippen molar-refractivity contribution < 1.29 is 9.53 Å². The van der Waals surface area contributed by atoms with Gasteiger partial charge in [0.25, 0.3) is 5.91 Å². The first kappa shape index (κ1) is 11.0. The number of nitrogens with one attached hydrogen (secondary N) is 1. The summed E-state index contributed by atoms with van der Waals surface area (Å²) in [5.41, 5.74) is 5.55. The molecule has 3 N–H and O–H groups in total. The number of nitrogens with two attached hydrogens (primary N) is 1. The Balaban J connectivity index is 1.94. The third kappa shape index (κ3) is 1.71. The van der Waals surface area contributed by atoms with Crippen molar-refractivity contribution in [1.29, 1.82) is 0 Å². The van der Waals surface area contributed by atoms with Gasteiger partial charge in [-0.25, -0.2) is 4.98 Å². The van der Waals surface area contributed by atoms with Crippen LogP contribution in [0.15, 0.2) is 16.7 Å². The summed E-state index contributed by atoms with van der Waals surface area (Å²) in [6.45, 7) is 0.474. The van der Waals surface area contributed by atoms with E-state index in [1.54, 1.807) is 12.3 Å². The molecule has 1 aliphatic carbocycles. The first-order valence-electron chi connectivity index (χ1n) is 5.48. The van der Waals surface area contributed by atoms with E-state index in [2.05, 4.69) is 26.2 Å². The van der Waals surface area contributed by atoms with Gasteiger partial charge >= 0.3 is 0 Å². The Morgan fingerprint density at radius 1 is 1.65 bits per heavy atom. The van der Waals surface area contributed by atoms with Gasteiger partial charge in [0.15, 0.2) is 17.7 Å². The summed E-state index contributed by atoms with van der Waals surface area (Å²) in [5.74, 6) is 0.932. The van der Waals surface area contributed by atoms with Crippen LogP contribution in [0.25, 0.3) is 0 Å². The van der Waals surface area contributed by atoms with Gasteiger partial charge in [-0.1, -0.05) is 0 Å². The number of amides is 1. The van der Waals surface area contributed by atoms with Crippen molar-refractivity contribution in [2.45, 2.75) is 18.9 Å². The molecule has 0 aromatic carbocycles. The summed E-state index contributed by atoms with van der Waals surface area (Å²) in [4.78, 5) is 16.0.